The highest BCUT2D eigenvalue weighted by Gasteiger charge is 2.28. The minimum absolute atomic E-state index is 0.0715. The molecule has 5 nitrogen and oxygen atoms in total. The summed E-state index contributed by atoms with van der Waals surface area (Å²) < 4.78 is 10.8. The summed E-state index contributed by atoms with van der Waals surface area (Å²) in [5.74, 6) is 0.941. The van der Waals surface area contributed by atoms with Crippen molar-refractivity contribution < 1.29 is 13.9 Å². The predicted octanol–water partition coefficient (Wildman–Crippen LogP) is 5.49. The van der Waals surface area contributed by atoms with Gasteiger partial charge in [-0.25, -0.2) is 0 Å². The second-order valence-electron chi connectivity index (χ2n) is 7.35. The molecule has 0 spiro atoms. The third-order valence-corrected chi connectivity index (χ3v) is 6.30. The van der Waals surface area contributed by atoms with E-state index in [4.69, 9.17) is 9.15 Å². The molecule has 29 heavy (non-hydrogen) atoms. The molecule has 2 aromatic heterocycles. The summed E-state index contributed by atoms with van der Waals surface area (Å²) in [5, 5.41) is 3.96. The number of methoxy groups -OCH3 is 1. The predicted molar refractivity (Wildman–Crippen MR) is 116 cm³/mol. The lowest BCUT2D eigenvalue weighted by Crippen LogP contribution is -2.34. The number of nitrogens with one attached hydrogen (secondary N) is 1. The minimum atomic E-state index is -0.221. The zero-order valence-electron chi connectivity index (χ0n) is 16.8. The molecule has 3 aromatic rings. The molecule has 0 bridgehead atoms. The van der Waals surface area contributed by atoms with E-state index in [1.54, 1.807) is 30.6 Å². The maximum absolute atomic E-state index is 12.6. The standard InChI is InChI=1S/C23H26N2O3S/c1-16-14-19(23(29-16)24-22(26)20-10-7-13-28-20)21(25-11-4-3-5-12-25)17-8-6-9-18(15-17)27-2/h6-10,13-15,21H,3-5,11-12H2,1-2H3,(H,24,26)/t21-/m1/s1. The molecule has 0 saturated carbocycles. The lowest BCUT2D eigenvalue weighted by atomic mass is 9.95. The van der Waals surface area contributed by atoms with Crippen LogP contribution in [0.15, 0.2) is 53.1 Å². The van der Waals surface area contributed by atoms with E-state index in [1.807, 2.05) is 12.1 Å². The fourth-order valence-electron chi connectivity index (χ4n) is 3.98. The van der Waals surface area contributed by atoms with Gasteiger partial charge in [0.1, 0.15) is 10.8 Å². The van der Waals surface area contributed by atoms with Gasteiger partial charge in [-0.05, 0) is 68.8 Å². The molecule has 1 aliphatic heterocycles. The number of carbonyl (C=O) groups is 1. The fraction of sp³-hybridized carbons (Fsp3) is 0.348. The van der Waals surface area contributed by atoms with Gasteiger partial charge < -0.3 is 14.5 Å². The molecule has 4 rings (SSSR count). The van der Waals surface area contributed by atoms with Crippen LogP contribution in [0.5, 0.6) is 5.75 Å². The van der Waals surface area contributed by atoms with Gasteiger partial charge in [-0.3, -0.25) is 9.69 Å². The summed E-state index contributed by atoms with van der Waals surface area (Å²) in [7, 11) is 1.69. The molecule has 1 fully saturated rings. The zero-order chi connectivity index (χ0) is 20.2. The lowest BCUT2D eigenvalue weighted by Gasteiger charge is -2.35. The topological polar surface area (TPSA) is 54.7 Å². The molecule has 3 heterocycles. The average Bonchev–Trinajstić information content (AvgIpc) is 3.40. The van der Waals surface area contributed by atoms with E-state index in [2.05, 4.69) is 35.3 Å². The van der Waals surface area contributed by atoms with Crippen LogP contribution in [0.2, 0.25) is 0 Å². The number of benzene rings is 1. The number of amides is 1. The summed E-state index contributed by atoms with van der Waals surface area (Å²) in [5.41, 5.74) is 2.31. The number of hydrogen-bond donors (Lipinski definition) is 1. The van der Waals surface area contributed by atoms with E-state index < -0.39 is 0 Å². The van der Waals surface area contributed by atoms with Crippen molar-refractivity contribution in [2.75, 3.05) is 25.5 Å². The van der Waals surface area contributed by atoms with Gasteiger partial charge in [-0.15, -0.1) is 11.3 Å². The third kappa shape index (κ3) is 4.38. The number of thiophene rings is 1. The van der Waals surface area contributed by atoms with Crippen molar-refractivity contribution in [3.63, 3.8) is 0 Å². The molecule has 1 atom stereocenters. The number of rotatable bonds is 6. The number of ether oxygens (including phenoxy) is 1. The Morgan fingerprint density at radius 2 is 2.00 bits per heavy atom. The maximum Gasteiger partial charge on any atom is 0.291 e. The van der Waals surface area contributed by atoms with Crippen LogP contribution in [0, 0.1) is 6.92 Å². The second kappa shape index (κ2) is 8.84. The number of nitrogens with zero attached hydrogens (tertiary/aromatic N) is 1. The molecule has 6 heteroatoms. The Bertz CT molecular complexity index is 958. The van der Waals surface area contributed by atoms with Gasteiger partial charge in [-0.2, -0.15) is 0 Å². The van der Waals surface area contributed by atoms with Crippen LogP contribution < -0.4 is 10.1 Å². The van der Waals surface area contributed by atoms with E-state index in [9.17, 15) is 4.79 Å². The van der Waals surface area contributed by atoms with Crippen molar-refractivity contribution in [2.24, 2.45) is 0 Å². The van der Waals surface area contributed by atoms with Crippen LogP contribution in [0.1, 0.15) is 51.9 Å². The van der Waals surface area contributed by atoms with Crippen molar-refractivity contribution in [3.8, 4) is 5.75 Å². The minimum Gasteiger partial charge on any atom is -0.497 e. The van der Waals surface area contributed by atoms with Gasteiger partial charge in [0.05, 0.1) is 19.4 Å². The van der Waals surface area contributed by atoms with Gasteiger partial charge >= 0.3 is 0 Å². The first kappa shape index (κ1) is 19.7. The van der Waals surface area contributed by atoms with Crippen LogP contribution in [0.3, 0.4) is 0 Å². The first-order chi connectivity index (χ1) is 14.2. The summed E-state index contributed by atoms with van der Waals surface area (Å²) in [6, 6.07) is 13.9. The maximum atomic E-state index is 12.6. The lowest BCUT2D eigenvalue weighted by molar-refractivity contribution is 0.0996. The van der Waals surface area contributed by atoms with Crippen molar-refractivity contribution >= 4 is 22.2 Å². The van der Waals surface area contributed by atoms with Crippen LogP contribution >= 0.6 is 11.3 Å². The molecule has 152 valence electrons. The Balaban J connectivity index is 1.73. The quantitative estimate of drug-likeness (QED) is 0.584. The number of furan rings is 1. The molecule has 0 unspecified atom stereocenters. The number of hydrogen-bond acceptors (Lipinski definition) is 5. The summed E-state index contributed by atoms with van der Waals surface area (Å²) in [6.07, 6.45) is 5.17. The normalized spacial score (nSPS) is 15.8. The van der Waals surface area contributed by atoms with Gasteiger partial charge in [0.2, 0.25) is 0 Å². The average molecular weight is 411 g/mol. The van der Waals surface area contributed by atoms with E-state index >= 15 is 0 Å². The smallest absolute Gasteiger partial charge is 0.291 e. The van der Waals surface area contributed by atoms with Gasteiger partial charge in [0.25, 0.3) is 5.91 Å². The van der Waals surface area contributed by atoms with Crippen LogP contribution in [-0.4, -0.2) is 31.0 Å². The fourth-order valence-corrected chi connectivity index (χ4v) is 4.92. The number of anilines is 1. The first-order valence-electron chi connectivity index (χ1n) is 9.99. The Morgan fingerprint density at radius 3 is 2.72 bits per heavy atom. The SMILES string of the molecule is COc1cccc([C@H](c2cc(C)sc2NC(=O)c2ccco2)N2CCCCC2)c1. The highest BCUT2D eigenvalue weighted by molar-refractivity contribution is 7.16. The Hall–Kier alpha value is -2.57. The zero-order valence-corrected chi connectivity index (χ0v) is 17.6. The third-order valence-electron chi connectivity index (χ3n) is 5.32. The molecule has 0 radical (unpaired) electrons. The highest BCUT2D eigenvalue weighted by Crippen LogP contribution is 2.40. The van der Waals surface area contributed by atoms with Crippen LogP contribution in [-0.2, 0) is 0 Å². The van der Waals surface area contributed by atoms with Crippen molar-refractivity contribution in [3.05, 3.63) is 70.5 Å². The Kier molecular flexibility index (Phi) is 6.02. The first-order valence-corrected chi connectivity index (χ1v) is 10.8. The van der Waals surface area contributed by atoms with Gasteiger partial charge in [0, 0.05) is 10.4 Å². The monoisotopic (exact) mass is 410 g/mol. The van der Waals surface area contributed by atoms with Crippen molar-refractivity contribution in [2.45, 2.75) is 32.2 Å². The molecule has 1 aliphatic rings. The molecular formula is C23H26N2O3S. The highest BCUT2D eigenvalue weighted by atomic mass is 32.1. The molecule has 1 N–H and O–H groups in total. The number of likely N-dealkylation sites (tertiary alicyclic amines) is 1. The van der Waals surface area contributed by atoms with Crippen molar-refractivity contribution in [1.29, 1.82) is 0 Å². The second-order valence-corrected chi connectivity index (χ2v) is 8.61. The van der Waals surface area contributed by atoms with Crippen LogP contribution in [0.4, 0.5) is 5.00 Å². The molecule has 0 aliphatic carbocycles. The number of aryl methyl sites for hydroxylation is 1. The number of carbonyl (C=O) groups excluding carboxylic acids is 1. The van der Waals surface area contributed by atoms with Crippen LogP contribution in [0.25, 0.3) is 0 Å². The van der Waals surface area contributed by atoms with Crippen molar-refractivity contribution in [1.82, 2.24) is 4.90 Å². The van der Waals surface area contributed by atoms with Gasteiger partial charge in [0.15, 0.2) is 5.76 Å². The largest absolute Gasteiger partial charge is 0.497 e. The molecule has 1 saturated heterocycles. The van der Waals surface area contributed by atoms with E-state index in [0.29, 0.717) is 5.76 Å². The molecule has 1 amide bonds. The summed E-state index contributed by atoms with van der Waals surface area (Å²) in [6.45, 7) is 4.17. The van der Waals surface area contributed by atoms with E-state index in [0.717, 1.165) is 29.4 Å². The van der Waals surface area contributed by atoms with Gasteiger partial charge in [-0.1, -0.05) is 18.6 Å². The summed E-state index contributed by atoms with van der Waals surface area (Å²) >= 11 is 1.61. The van der Waals surface area contributed by atoms with E-state index in [-0.39, 0.29) is 11.9 Å². The number of piperidine rings is 1. The molecule has 1 aromatic carbocycles. The van der Waals surface area contributed by atoms with E-state index in [1.165, 1.54) is 36.0 Å². The Labute approximate surface area is 175 Å². The Morgan fingerprint density at radius 1 is 1.17 bits per heavy atom. The molecular weight excluding hydrogens is 384 g/mol. The summed E-state index contributed by atoms with van der Waals surface area (Å²) in [4.78, 5) is 16.3.